The third-order valence-corrected chi connectivity index (χ3v) is 5.66. The van der Waals surface area contributed by atoms with Gasteiger partial charge in [-0.3, -0.25) is 0 Å². The summed E-state index contributed by atoms with van der Waals surface area (Å²) in [5, 5.41) is 3.51. The Labute approximate surface area is 167 Å². The Kier molecular flexibility index (Phi) is 5.90. The second-order valence-corrected chi connectivity index (χ2v) is 7.75. The van der Waals surface area contributed by atoms with Crippen LogP contribution in [-0.2, 0) is 0 Å². The zero-order valence-corrected chi connectivity index (χ0v) is 16.5. The number of rotatable bonds is 6. The summed E-state index contributed by atoms with van der Waals surface area (Å²) in [6.45, 7) is 3.09. The average Bonchev–Trinajstić information content (AvgIpc) is 2.74. The van der Waals surface area contributed by atoms with Gasteiger partial charge in [0.1, 0.15) is 0 Å². The predicted octanol–water partition coefficient (Wildman–Crippen LogP) is 4.91. The number of benzene rings is 1. The van der Waals surface area contributed by atoms with Crippen molar-refractivity contribution in [1.82, 2.24) is 14.9 Å². The third-order valence-electron chi connectivity index (χ3n) is 5.66. The number of aryl methyl sites for hydroxylation is 1. The Hall–Kier alpha value is -2.82. The molecule has 0 unspecified atom stereocenters. The fraction of sp³-hybridized carbons (Fsp3) is 0.391. The monoisotopic (exact) mass is 375 g/mol. The number of para-hydroxylation sites is 1. The first-order chi connectivity index (χ1) is 13.8. The largest absolute Gasteiger partial charge is 0.351 e. The normalized spacial score (nSPS) is 21.8. The summed E-state index contributed by atoms with van der Waals surface area (Å²) in [4.78, 5) is 13.2. The number of anilines is 2. The van der Waals surface area contributed by atoms with E-state index in [9.17, 15) is 0 Å². The van der Waals surface area contributed by atoms with Crippen molar-refractivity contribution in [2.75, 3.05) is 16.8 Å². The molecule has 2 heterocycles. The van der Waals surface area contributed by atoms with E-state index in [1.54, 1.807) is 0 Å². The highest BCUT2D eigenvalue weighted by Crippen LogP contribution is 2.29. The molecule has 2 aliphatic rings. The van der Waals surface area contributed by atoms with E-state index in [1.165, 1.54) is 37.8 Å². The minimum Gasteiger partial charge on any atom is -0.351 e. The minimum atomic E-state index is 0.507. The summed E-state index contributed by atoms with van der Waals surface area (Å²) >= 11 is 0. The third kappa shape index (κ3) is 4.91. The lowest BCUT2D eigenvalue weighted by atomic mass is 9.84. The van der Waals surface area contributed by atoms with E-state index < -0.39 is 0 Å². The molecular formula is C23H29N5. The first-order valence-electron chi connectivity index (χ1n) is 10.3. The van der Waals surface area contributed by atoms with Crippen molar-refractivity contribution >= 4 is 11.6 Å². The highest BCUT2D eigenvalue weighted by molar-refractivity contribution is 5.52. The Morgan fingerprint density at radius 3 is 2.43 bits per heavy atom. The van der Waals surface area contributed by atoms with Gasteiger partial charge >= 0.3 is 0 Å². The fourth-order valence-corrected chi connectivity index (χ4v) is 3.96. The van der Waals surface area contributed by atoms with Gasteiger partial charge in [-0.05, 0) is 63.1 Å². The van der Waals surface area contributed by atoms with Gasteiger partial charge in [0.25, 0.3) is 0 Å². The Bertz CT molecular complexity index is 795. The molecule has 5 heteroatoms. The van der Waals surface area contributed by atoms with Crippen LogP contribution >= 0.6 is 0 Å². The number of aromatic nitrogens is 2. The van der Waals surface area contributed by atoms with Crippen LogP contribution in [-0.4, -0.2) is 27.5 Å². The maximum Gasteiger partial charge on any atom is 0.223 e. The van der Waals surface area contributed by atoms with Crippen LogP contribution < -0.4 is 10.2 Å². The Morgan fingerprint density at radius 2 is 1.71 bits per heavy atom. The molecule has 4 rings (SSSR count). The van der Waals surface area contributed by atoms with Crippen LogP contribution in [0, 0.1) is 12.8 Å². The number of nitrogens with zero attached hydrogens (tertiary/aromatic N) is 4. The van der Waals surface area contributed by atoms with Gasteiger partial charge < -0.3 is 15.1 Å². The van der Waals surface area contributed by atoms with E-state index in [0.717, 1.165) is 24.1 Å². The lowest BCUT2D eigenvalue weighted by Crippen LogP contribution is -2.28. The minimum absolute atomic E-state index is 0.507. The van der Waals surface area contributed by atoms with Crippen molar-refractivity contribution in [3.05, 3.63) is 73.1 Å². The van der Waals surface area contributed by atoms with Gasteiger partial charge in [0.05, 0.1) is 0 Å². The number of hydrogen-bond donors (Lipinski definition) is 1. The first-order valence-corrected chi connectivity index (χ1v) is 10.3. The van der Waals surface area contributed by atoms with Gasteiger partial charge in [0, 0.05) is 55.0 Å². The smallest absolute Gasteiger partial charge is 0.223 e. The van der Waals surface area contributed by atoms with E-state index in [1.807, 2.05) is 25.3 Å². The van der Waals surface area contributed by atoms with Crippen molar-refractivity contribution in [3.63, 3.8) is 0 Å². The number of nitrogens with one attached hydrogen (secondary N) is 1. The maximum atomic E-state index is 4.46. The topological polar surface area (TPSA) is 44.3 Å². The summed E-state index contributed by atoms with van der Waals surface area (Å²) in [5.41, 5.74) is 2.21. The quantitative estimate of drug-likeness (QED) is 0.777. The van der Waals surface area contributed by atoms with Crippen LogP contribution in [0.15, 0.2) is 67.4 Å². The van der Waals surface area contributed by atoms with E-state index in [-0.39, 0.29) is 0 Å². The summed E-state index contributed by atoms with van der Waals surface area (Å²) < 4.78 is 0. The molecule has 1 aliphatic heterocycles. The molecule has 146 valence electrons. The molecule has 1 fully saturated rings. The Morgan fingerprint density at radius 1 is 0.964 bits per heavy atom. The maximum absolute atomic E-state index is 4.46. The van der Waals surface area contributed by atoms with Crippen LogP contribution in [0.3, 0.4) is 0 Å². The molecule has 0 saturated heterocycles. The van der Waals surface area contributed by atoms with Gasteiger partial charge in [0.2, 0.25) is 5.95 Å². The van der Waals surface area contributed by atoms with Crippen molar-refractivity contribution in [2.45, 2.75) is 45.1 Å². The SMILES string of the molecule is Cc1ccnc(N[C@H]2CC[C@H](CCN3C=CN(c4ccccc4)C=C3)CC2)n1. The molecule has 28 heavy (non-hydrogen) atoms. The molecule has 1 saturated carbocycles. The van der Waals surface area contributed by atoms with Gasteiger partial charge in [-0.15, -0.1) is 0 Å². The summed E-state index contributed by atoms with van der Waals surface area (Å²) in [7, 11) is 0. The zero-order valence-electron chi connectivity index (χ0n) is 16.5. The van der Waals surface area contributed by atoms with Crippen molar-refractivity contribution in [1.29, 1.82) is 0 Å². The molecule has 0 radical (unpaired) electrons. The second kappa shape index (κ2) is 8.91. The van der Waals surface area contributed by atoms with Crippen molar-refractivity contribution in [2.24, 2.45) is 5.92 Å². The van der Waals surface area contributed by atoms with Crippen LogP contribution in [0.4, 0.5) is 11.6 Å². The highest BCUT2D eigenvalue weighted by Gasteiger charge is 2.22. The van der Waals surface area contributed by atoms with Gasteiger partial charge in [-0.1, -0.05) is 18.2 Å². The molecule has 0 spiro atoms. The molecule has 0 bridgehead atoms. The standard InChI is InChI=1S/C23H29N5/c1-19-11-13-24-23(25-19)26-21-9-7-20(8-10-21)12-14-27-15-17-28(18-16-27)22-5-3-2-4-6-22/h2-6,11,13,15-18,20-21H,7-10,12,14H2,1H3,(H,24,25,26)/t20-,21-. The second-order valence-electron chi connectivity index (χ2n) is 7.75. The molecule has 2 aromatic rings. The molecule has 1 N–H and O–H groups in total. The molecule has 0 atom stereocenters. The van der Waals surface area contributed by atoms with E-state index in [4.69, 9.17) is 0 Å². The molecule has 1 aliphatic carbocycles. The fourth-order valence-electron chi connectivity index (χ4n) is 3.96. The summed E-state index contributed by atoms with van der Waals surface area (Å²) in [6, 6.07) is 12.9. The van der Waals surface area contributed by atoms with Crippen LogP contribution in [0.25, 0.3) is 0 Å². The van der Waals surface area contributed by atoms with Crippen LogP contribution in [0.1, 0.15) is 37.8 Å². The lowest BCUT2D eigenvalue weighted by molar-refractivity contribution is 0.297. The van der Waals surface area contributed by atoms with Crippen LogP contribution in [0.2, 0.25) is 0 Å². The lowest BCUT2D eigenvalue weighted by Gasteiger charge is -2.31. The molecule has 5 nitrogen and oxygen atoms in total. The first kappa shape index (κ1) is 18.5. The highest BCUT2D eigenvalue weighted by atomic mass is 15.2. The van der Waals surface area contributed by atoms with E-state index >= 15 is 0 Å². The number of hydrogen-bond acceptors (Lipinski definition) is 5. The van der Waals surface area contributed by atoms with Gasteiger partial charge in [0.15, 0.2) is 0 Å². The molecule has 1 aromatic carbocycles. The zero-order chi connectivity index (χ0) is 19.2. The van der Waals surface area contributed by atoms with Gasteiger partial charge in [-0.25, -0.2) is 9.97 Å². The van der Waals surface area contributed by atoms with Gasteiger partial charge in [-0.2, -0.15) is 0 Å². The Balaban J connectivity index is 1.18. The summed E-state index contributed by atoms with van der Waals surface area (Å²) in [6.07, 6.45) is 16.7. The van der Waals surface area contributed by atoms with E-state index in [2.05, 4.69) is 74.1 Å². The summed E-state index contributed by atoms with van der Waals surface area (Å²) in [5.74, 6) is 1.58. The molecule has 1 aromatic heterocycles. The predicted molar refractivity (Wildman–Crippen MR) is 115 cm³/mol. The average molecular weight is 376 g/mol. The van der Waals surface area contributed by atoms with E-state index in [0.29, 0.717) is 6.04 Å². The molecule has 0 amide bonds. The van der Waals surface area contributed by atoms with Crippen molar-refractivity contribution in [3.8, 4) is 0 Å². The molecular weight excluding hydrogens is 346 g/mol. The van der Waals surface area contributed by atoms with Crippen molar-refractivity contribution < 1.29 is 0 Å². The van der Waals surface area contributed by atoms with Crippen LogP contribution in [0.5, 0.6) is 0 Å².